The van der Waals surface area contributed by atoms with Crippen LogP contribution in [0.2, 0.25) is 0 Å². The number of anilines is 1. The zero-order valence-electron chi connectivity index (χ0n) is 12.4. The number of hydrogen-bond acceptors (Lipinski definition) is 5. The van der Waals surface area contributed by atoms with Gasteiger partial charge in [-0.1, -0.05) is 13.0 Å². The topological polar surface area (TPSA) is 79.2 Å². The van der Waals surface area contributed by atoms with Crippen LogP contribution in [0.25, 0.3) is 11.5 Å². The highest BCUT2D eigenvalue weighted by Crippen LogP contribution is 2.24. The Hall–Kier alpha value is -2.50. The van der Waals surface area contributed by atoms with Crippen LogP contribution in [0.4, 0.5) is 5.82 Å². The van der Waals surface area contributed by atoms with Gasteiger partial charge in [0.1, 0.15) is 11.5 Å². The van der Waals surface area contributed by atoms with Gasteiger partial charge in [0.05, 0.1) is 0 Å². The van der Waals surface area contributed by atoms with Gasteiger partial charge < -0.3 is 10.0 Å². The Kier molecular flexibility index (Phi) is 4.00. The summed E-state index contributed by atoms with van der Waals surface area (Å²) >= 11 is 0. The van der Waals surface area contributed by atoms with Crippen molar-refractivity contribution < 1.29 is 9.90 Å². The Labute approximate surface area is 128 Å². The van der Waals surface area contributed by atoms with E-state index in [0.717, 1.165) is 25.9 Å². The van der Waals surface area contributed by atoms with E-state index in [1.165, 1.54) is 0 Å². The minimum absolute atomic E-state index is 0.00396. The molecular weight excluding hydrogens is 280 g/mol. The third-order valence-corrected chi connectivity index (χ3v) is 3.93. The van der Waals surface area contributed by atoms with Crippen molar-refractivity contribution >= 4 is 11.8 Å². The summed E-state index contributed by atoms with van der Waals surface area (Å²) < 4.78 is 0. The van der Waals surface area contributed by atoms with Crippen molar-refractivity contribution in [2.75, 3.05) is 18.0 Å². The van der Waals surface area contributed by atoms with Crippen LogP contribution in [0, 0.1) is 5.92 Å². The molecule has 1 fully saturated rings. The molecular formula is C16H18N4O2. The molecule has 0 radical (unpaired) electrons. The lowest BCUT2D eigenvalue weighted by atomic mass is 9.99. The van der Waals surface area contributed by atoms with Crippen LogP contribution >= 0.6 is 0 Å². The molecule has 2 aromatic heterocycles. The number of hydrogen-bond donors (Lipinski definition) is 1. The summed E-state index contributed by atoms with van der Waals surface area (Å²) in [5.41, 5.74) is 0.585. The first kappa shape index (κ1) is 14.4. The highest BCUT2D eigenvalue weighted by atomic mass is 16.4. The second-order valence-electron chi connectivity index (χ2n) is 5.62. The van der Waals surface area contributed by atoms with Crippen LogP contribution in [-0.4, -0.2) is 39.1 Å². The second-order valence-corrected chi connectivity index (χ2v) is 5.62. The molecule has 0 atom stereocenters. The Balaban J connectivity index is 1.99. The number of aromatic nitrogens is 3. The van der Waals surface area contributed by atoms with Crippen LogP contribution in [0.3, 0.4) is 0 Å². The summed E-state index contributed by atoms with van der Waals surface area (Å²) in [4.78, 5) is 26.3. The largest absolute Gasteiger partial charge is 0.477 e. The average Bonchev–Trinajstić information content (AvgIpc) is 2.56. The minimum Gasteiger partial charge on any atom is -0.477 e. The Morgan fingerprint density at radius 3 is 2.68 bits per heavy atom. The maximum absolute atomic E-state index is 11.3. The van der Waals surface area contributed by atoms with Crippen LogP contribution in [0.1, 0.15) is 30.3 Å². The zero-order valence-corrected chi connectivity index (χ0v) is 12.4. The molecule has 3 rings (SSSR count). The lowest BCUT2D eigenvalue weighted by Gasteiger charge is -2.31. The number of pyridine rings is 1. The molecule has 3 heterocycles. The minimum atomic E-state index is -1.05. The Bertz CT molecular complexity index is 667. The molecule has 2 aromatic rings. The molecule has 0 saturated carbocycles. The molecule has 0 bridgehead atoms. The molecule has 22 heavy (non-hydrogen) atoms. The Morgan fingerprint density at radius 1 is 1.27 bits per heavy atom. The van der Waals surface area contributed by atoms with E-state index in [0.29, 0.717) is 23.3 Å². The van der Waals surface area contributed by atoms with Gasteiger partial charge in [-0.3, -0.25) is 4.98 Å². The van der Waals surface area contributed by atoms with Gasteiger partial charge in [0.25, 0.3) is 0 Å². The number of nitrogens with zero attached hydrogens (tertiary/aromatic N) is 4. The van der Waals surface area contributed by atoms with Gasteiger partial charge >= 0.3 is 5.97 Å². The molecule has 0 aromatic carbocycles. The van der Waals surface area contributed by atoms with Crippen molar-refractivity contribution in [3.8, 4) is 11.5 Å². The van der Waals surface area contributed by atoms with Crippen LogP contribution in [-0.2, 0) is 0 Å². The lowest BCUT2D eigenvalue weighted by Crippen LogP contribution is -2.33. The normalized spacial score (nSPS) is 15.8. The van der Waals surface area contributed by atoms with Crippen LogP contribution in [0.5, 0.6) is 0 Å². The van der Waals surface area contributed by atoms with Crippen molar-refractivity contribution in [3.05, 3.63) is 36.2 Å². The predicted molar refractivity (Wildman–Crippen MR) is 82.8 cm³/mol. The van der Waals surface area contributed by atoms with Gasteiger partial charge in [0.2, 0.25) is 0 Å². The fourth-order valence-electron chi connectivity index (χ4n) is 2.55. The molecule has 1 aliphatic rings. The van der Waals surface area contributed by atoms with E-state index < -0.39 is 5.97 Å². The van der Waals surface area contributed by atoms with Gasteiger partial charge in [-0.25, -0.2) is 14.8 Å². The molecule has 6 nitrogen and oxygen atoms in total. The van der Waals surface area contributed by atoms with Crippen LogP contribution in [0.15, 0.2) is 30.5 Å². The summed E-state index contributed by atoms with van der Waals surface area (Å²) in [6.45, 7) is 4.01. The number of carboxylic acid groups (broad SMARTS) is 1. The number of carboxylic acids is 1. The van der Waals surface area contributed by atoms with Crippen LogP contribution < -0.4 is 4.90 Å². The quantitative estimate of drug-likeness (QED) is 0.937. The van der Waals surface area contributed by atoms with E-state index in [4.69, 9.17) is 0 Å². The highest BCUT2D eigenvalue weighted by molar-refractivity contribution is 5.86. The predicted octanol–water partition coefficient (Wildman–Crippen LogP) is 2.47. The number of carbonyl (C=O) groups is 1. The fraction of sp³-hybridized carbons (Fsp3) is 0.375. The molecule has 1 aliphatic heterocycles. The van der Waals surface area contributed by atoms with E-state index in [9.17, 15) is 9.90 Å². The maximum atomic E-state index is 11.3. The lowest BCUT2D eigenvalue weighted by molar-refractivity contribution is 0.0690. The molecule has 0 spiro atoms. The summed E-state index contributed by atoms with van der Waals surface area (Å²) in [5.74, 6) is 0.674. The molecule has 0 unspecified atom stereocenters. The van der Waals surface area contributed by atoms with Gasteiger partial charge in [0, 0.05) is 25.4 Å². The zero-order chi connectivity index (χ0) is 15.5. The fourth-order valence-corrected chi connectivity index (χ4v) is 2.55. The summed E-state index contributed by atoms with van der Waals surface area (Å²) in [6.07, 6.45) is 3.82. The van der Waals surface area contributed by atoms with Crippen molar-refractivity contribution in [2.45, 2.75) is 19.8 Å². The average molecular weight is 298 g/mol. The maximum Gasteiger partial charge on any atom is 0.354 e. The van der Waals surface area contributed by atoms with Crippen molar-refractivity contribution in [3.63, 3.8) is 0 Å². The molecule has 1 N–H and O–H groups in total. The van der Waals surface area contributed by atoms with E-state index >= 15 is 0 Å². The summed E-state index contributed by atoms with van der Waals surface area (Å²) in [7, 11) is 0. The number of piperidine rings is 1. The van der Waals surface area contributed by atoms with Gasteiger partial charge in [-0.2, -0.15) is 0 Å². The third kappa shape index (κ3) is 3.05. The molecule has 6 heteroatoms. The van der Waals surface area contributed by atoms with Crippen molar-refractivity contribution in [1.82, 2.24) is 15.0 Å². The third-order valence-electron chi connectivity index (χ3n) is 3.93. The number of rotatable bonds is 3. The second kappa shape index (κ2) is 6.09. The molecule has 1 saturated heterocycles. The summed E-state index contributed by atoms with van der Waals surface area (Å²) in [6, 6.07) is 6.96. The Morgan fingerprint density at radius 2 is 2.05 bits per heavy atom. The van der Waals surface area contributed by atoms with Crippen molar-refractivity contribution in [2.24, 2.45) is 5.92 Å². The SMILES string of the molecule is CC1CCN(c2cc(C(=O)O)nc(-c3ccccn3)n2)CC1. The number of aromatic carboxylic acids is 1. The van der Waals surface area contributed by atoms with Gasteiger partial charge in [-0.15, -0.1) is 0 Å². The summed E-state index contributed by atoms with van der Waals surface area (Å²) in [5, 5.41) is 9.29. The smallest absolute Gasteiger partial charge is 0.354 e. The van der Waals surface area contributed by atoms with E-state index in [1.807, 2.05) is 6.07 Å². The molecule has 0 aliphatic carbocycles. The van der Waals surface area contributed by atoms with E-state index in [-0.39, 0.29) is 5.69 Å². The monoisotopic (exact) mass is 298 g/mol. The first-order chi connectivity index (χ1) is 10.6. The van der Waals surface area contributed by atoms with Gasteiger partial charge in [0.15, 0.2) is 11.5 Å². The van der Waals surface area contributed by atoms with Crippen molar-refractivity contribution in [1.29, 1.82) is 0 Å². The molecule has 114 valence electrons. The van der Waals surface area contributed by atoms with Gasteiger partial charge in [-0.05, 0) is 30.9 Å². The first-order valence-electron chi connectivity index (χ1n) is 7.42. The first-order valence-corrected chi connectivity index (χ1v) is 7.42. The standard InChI is InChI=1S/C16H18N4O2/c1-11-5-8-20(9-6-11)14-10-13(16(21)22)18-15(19-14)12-4-2-3-7-17-12/h2-4,7,10-11H,5-6,8-9H2,1H3,(H,21,22). The molecule has 0 amide bonds. The van der Waals surface area contributed by atoms with E-state index in [1.54, 1.807) is 24.4 Å². The highest BCUT2D eigenvalue weighted by Gasteiger charge is 2.20. The van der Waals surface area contributed by atoms with E-state index in [2.05, 4.69) is 26.8 Å².